The van der Waals surface area contributed by atoms with Gasteiger partial charge in [0.05, 0.1) is 16.7 Å². The first-order valence-electron chi connectivity index (χ1n) is 8.98. The van der Waals surface area contributed by atoms with Crippen molar-refractivity contribution in [3.63, 3.8) is 0 Å². The summed E-state index contributed by atoms with van der Waals surface area (Å²) in [5, 5.41) is 22.7. The molecule has 0 saturated carbocycles. The lowest BCUT2D eigenvalue weighted by molar-refractivity contribution is -0.138. The second kappa shape index (κ2) is 12.4. The lowest BCUT2D eigenvalue weighted by atomic mass is 10.0. The Labute approximate surface area is 175 Å². The Morgan fingerprint density at radius 2 is 2.03 bits per heavy atom. The van der Waals surface area contributed by atoms with Gasteiger partial charge in [0, 0.05) is 18.5 Å². The van der Waals surface area contributed by atoms with Crippen LogP contribution in [0.3, 0.4) is 0 Å². The standard InChI is InChI=1S/C15H18N6O6S.C2H6/c16-14(17)9-3-1-8(2-4-9)11-5-10(27-19-11)6-13(22)18-7-12(15(23)24)20-28(26)21-25;1-2/h1-4,10,12,20H,5-7H2,(H3,16,17)(H,18,22)(H,23,24);1-2H3/t10-,12+,28?;/m1./s1. The highest BCUT2D eigenvalue weighted by Crippen LogP contribution is 2.19. The van der Waals surface area contributed by atoms with Crippen molar-refractivity contribution in [2.75, 3.05) is 6.54 Å². The Balaban J connectivity index is 0.00000218. The van der Waals surface area contributed by atoms with E-state index in [2.05, 4.69) is 15.1 Å². The summed E-state index contributed by atoms with van der Waals surface area (Å²) >= 11 is -2.40. The van der Waals surface area contributed by atoms with Crippen LogP contribution in [0.4, 0.5) is 0 Å². The number of amidine groups is 1. The Morgan fingerprint density at radius 3 is 2.57 bits per heavy atom. The molecule has 1 aromatic rings. The number of rotatable bonds is 10. The van der Waals surface area contributed by atoms with Crippen LogP contribution in [0.2, 0.25) is 0 Å². The number of hydrogen-bond donors (Lipinski definition) is 5. The summed E-state index contributed by atoms with van der Waals surface area (Å²) in [7, 11) is 0. The highest BCUT2D eigenvalue weighted by molar-refractivity contribution is 7.81. The van der Waals surface area contributed by atoms with Crippen molar-refractivity contribution >= 4 is 34.6 Å². The van der Waals surface area contributed by atoms with Crippen molar-refractivity contribution in [3.8, 4) is 0 Å². The van der Waals surface area contributed by atoms with Gasteiger partial charge in [-0.3, -0.25) is 15.0 Å². The molecule has 1 aliphatic heterocycles. The predicted molar refractivity (Wildman–Crippen MR) is 111 cm³/mol. The molecule has 0 fully saturated rings. The number of nitrogens with one attached hydrogen (secondary N) is 3. The van der Waals surface area contributed by atoms with Crippen molar-refractivity contribution < 1.29 is 23.7 Å². The highest BCUT2D eigenvalue weighted by Gasteiger charge is 2.26. The van der Waals surface area contributed by atoms with Crippen LogP contribution in [-0.4, -0.2) is 51.4 Å². The third kappa shape index (κ3) is 7.67. The molecule has 6 N–H and O–H groups in total. The third-order valence-electron chi connectivity index (χ3n) is 3.79. The van der Waals surface area contributed by atoms with Gasteiger partial charge in [0.25, 0.3) is 11.2 Å². The third-order valence-corrected chi connectivity index (χ3v) is 4.41. The van der Waals surface area contributed by atoms with Crippen molar-refractivity contribution in [2.24, 2.45) is 15.5 Å². The summed E-state index contributed by atoms with van der Waals surface area (Å²) in [6.07, 6.45) is -0.226. The lowest BCUT2D eigenvalue weighted by Gasteiger charge is -2.13. The monoisotopic (exact) mass is 440 g/mol. The summed E-state index contributed by atoms with van der Waals surface area (Å²) in [6, 6.07) is 5.41. The van der Waals surface area contributed by atoms with Gasteiger partial charge in [-0.1, -0.05) is 43.3 Å². The van der Waals surface area contributed by atoms with Crippen LogP contribution in [0.1, 0.15) is 37.8 Å². The Kier molecular flexibility index (Phi) is 10.3. The quantitative estimate of drug-likeness (QED) is 0.197. The number of carboxylic acid groups (broad SMARTS) is 1. The molecule has 0 spiro atoms. The zero-order valence-corrected chi connectivity index (χ0v) is 17.3. The molecule has 0 saturated heterocycles. The second-order valence-corrected chi connectivity index (χ2v) is 6.68. The molecule has 1 unspecified atom stereocenters. The van der Waals surface area contributed by atoms with E-state index >= 15 is 0 Å². The van der Waals surface area contributed by atoms with Crippen LogP contribution in [-0.2, 0) is 25.6 Å². The molecule has 1 aliphatic rings. The fourth-order valence-corrected chi connectivity index (χ4v) is 2.84. The number of aliphatic carboxylic acids is 1. The molecule has 3 atom stereocenters. The molecule has 1 amide bonds. The molecule has 1 aromatic carbocycles. The van der Waals surface area contributed by atoms with Crippen LogP contribution in [0.15, 0.2) is 34.0 Å². The number of nitrogens with two attached hydrogens (primary N) is 1. The SMILES string of the molecule is CC.N=C(N)c1ccc(C2=NO[C@@H](CC(=O)NC[C@H](NS(=O)N=O)C(=O)O)C2)cc1. The lowest BCUT2D eigenvalue weighted by Crippen LogP contribution is -2.46. The molecular formula is C17H24N6O6S. The number of benzene rings is 1. The molecule has 0 bridgehead atoms. The first-order valence-corrected chi connectivity index (χ1v) is 10.1. The molecule has 0 aromatic heterocycles. The van der Waals surface area contributed by atoms with E-state index in [0.717, 1.165) is 5.56 Å². The number of hydrogen-bond acceptors (Lipinski definition) is 7. The van der Waals surface area contributed by atoms with Crippen LogP contribution < -0.4 is 15.8 Å². The fraction of sp³-hybridized carbons (Fsp3) is 0.412. The number of nitrogen functional groups attached to an aromatic ring is 1. The number of carboxylic acids is 1. The van der Waals surface area contributed by atoms with Crippen molar-refractivity contribution in [2.45, 2.75) is 38.8 Å². The topological polar surface area (TPSA) is 196 Å². The number of nitroso groups, excluding NO2 is 1. The smallest absolute Gasteiger partial charge is 0.323 e. The maximum absolute atomic E-state index is 12.0. The van der Waals surface area contributed by atoms with E-state index in [4.69, 9.17) is 21.1 Å². The molecule has 1 heterocycles. The van der Waals surface area contributed by atoms with Gasteiger partial charge >= 0.3 is 5.97 Å². The summed E-state index contributed by atoms with van der Waals surface area (Å²) in [5.74, 6) is -1.94. The normalized spacial score (nSPS) is 16.7. The molecule has 2 rings (SSSR count). The summed E-state index contributed by atoms with van der Waals surface area (Å²) in [6.45, 7) is 3.61. The van der Waals surface area contributed by atoms with Gasteiger partial charge in [0.1, 0.15) is 18.0 Å². The van der Waals surface area contributed by atoms with E-state index in [1.165, 1.54) is 0 Å². The first-order chi connectivity index (χ1) is 14.3. The van der Waals surface area contributed by atoms with Gasteiger partial charge < -0.3 is 21.0 Å². The summed E-state index contributed by atoms with van der Waals surface area (Å²) in [5.41, 5.74) is 7.38. The molecule has 0 radical (unpaired) electrons. The van der Waals surface area contributed by atoms with Gasteiger partial charge in [0.15, 0.2) is 0 Å². The van der Waals surface area contributed by atoms with Gasteiger partial charge in [-0.25, -0.2) is 4.21 Å². The molecule has 13 heteroatoms. The van der Waals surface area contributed by atoms with E-state index in [1.54, 1.807) is 24.3 Å². The molecule has 12 nitrogen and oxygen atoms in total. The molecule has 0 aliphatic carbocycles. The van der Waals surface area contributed by atoms with Crippen molar-refractivity contribution in [1.29, 1.82) is 5.41 Å². The van der Waals surface area contributed by atoms with Crippen molar-refractivity contribution in [3.05, 3.63) is 40.3 Å². The second-order valence-electron chi connectivity index (χ2n) is 5.80. The average Bonchev–Trinajstić information content (AvgIpc) is 3.20. The number of oxime groups is 1. The minimum Gasteiger partial charge on any atom is -0.480 e. The van der Waals surface area contributed by atoms with E-state index < -0.39 is 35.2 Å². The van der Waals surface area contributed by atoms with E-state index in [1.807, 2.05) is 18.6 Å². The first kappa shape index (κ1) is 24.8. The van der Waals surface area contributed by atoms with E-state index in [-0.39, 0.29) is 18.8 Å². The van der Waals surface area contributed by atoms with Gasteiger partial charge in [0.2, 0.25) is 5.91 Å². The minimum atomic E-state index is -2.40. The Morgan fingerprint density at radius 1 is 1.40 bits per heavy atom. The Hall–Kier alpha value is -3.19. The maximum Gasteiger partial charge on any atom is 0.323 e. The maximum atomic E-state index is 12.0. The largest absolute Gasteiger partial charge is 0.480 e. The van der Waals surface area contributed by atoms with E-state index in [9.17, 15) is 18.7 Å². The molecule has 30 heavy (non-hydrogen) atoms. The highest BCUT2D eigenvalue weighted by atomic mass is 32.2. The Bertz CT molecular complexity index is 829. The van der Waals surface area contributed by atoms with E-state index in [0.29, 0.717) is 17.7 Å². The number of carbonyl (C=O) groups excluding carboxylic acids is 1. The number of amides is 1. The van der Waals surface area contributed by atoms with Crippen LogP contribution in [0.5, 0.6) is 0 Å². The fourth-order valence-electron chi connectivity index (χ4n) is 2.37. The molecular weight excluding hydrogens is 416 g/mol. The average molecular weight is 440 g/mol. The zero-order chi connectivity index (χ0) is 22.7. The summed E-state index contributed by atoms with van der Waals surface area (Å²) in [4.78, 5) is 38.3. The number of carbonyl (C=O) groups is 2. The molecule has 164 valence electrons. The summed E-state index contributed by atoms with van der Waals surface area (Å²) < 4.78 is 15.1. The minimum absolute atomic E-state index is 0.0485. The predicted octanol–water partition coefficient (Wildman–Crippen LogP) is 0.384. The number of nitrogens with zero attached hydrogens (tertiary/aromatic N) is 2. The van der Waals surface area contributed by atoms with Gasteiger partial charge in [-0.05, 0) is 5.56 Å². The van der Waals surface area contributed by atoms with Crippen molar-refractivity contribution in [1.82, 2.24) is 10.0 Å². The van der Waals surface area contributed by atoms with Gasteiger partial charge in [-0.2, -0.15) is 4.72 Å². The van der Waals surface area contributed by atoms with Crippen LogP contribution in [0.25, 0.3) is 0 Å². The van der Waals surface area contributed by atoms with Crippen LogP contribution in [0, 0.1) is 10.3 Å². The van der Waals surface area contributed by atoms with Gasteiger partial charge in [-0.15, -0.1) is 4.91 Å². The zero-order valence-electron chi connectivity index (χ0n) is 16.5. The van der Waals surface area contributed by atoms with Crippen LogP contribution >= 0.6 is 0 Å².